The monoisotopic (exact) mass is 510 g/mol. The Labute approximate surface area is 215 Å². The van der Waals surface area contributed by atoms with E-state index in [1.807, 2.05) is 35.9 Å². The molecule has 0 aliphatic carbocycles. The van der Waals surface area contributed by atoms with Crippen LogP contribution in [0.25, 0.3) is 11.0 Å². The van der Waals surface area contributed by atoms with E-state index in [9.17, 15) is 24.3 Å². The van der Waals surface area contributed by atoms with E-state index in [4.69, 9.17) is 0 Å². The van der Waals surface area contributed by atoms with Crippen LogP contribution in [0.15, 0.2) is 24.3 Å². The molecule has 1 aromatic heterocycles. The zero-order valence-corrected chi connectivity index (χ0v) is 21.1. The van der Waals surface area contributed by atoms with Crippen molar-refractivity contribution in [3.8, 4) is 0 Å². The molecule has 198 valence electrons. The fraction of sp³-hybridized carbons (Fsp3) is 0.577. The van der Waals surface area contributed by atoms with E-state index < -0.39 is 29.9 Å². The highest BCUT2D eigenvalue weighted by Crippen LogP contribution is 2.35. The standard InChI is InChI=1S/C26H34N6O5/c1-29-20-5-3-2-4-19(20)28-21(29)6-7-22(33)30-12-14-31(15-13-30)26(37)32-23(25(35)36)18(24(32)34)16-17-8-10-27-11-9-17/h2-5,17-18,23,27H,6-16H2,1H3,(H,35,36)/t18-,23+/m1/s1. The lowest BCUT2D eigenvalue weighted by Crippen LogP contribution is -2.69. The van der Waals surface area contributed by atoms with E-state index in [0.29, 0.717) is 38.3 Å². The van der Waals surface area contributed by atoms with E-state index in [-0.39, 0.29) is 19.0 Å². The van der Waals surface area contributed by atoms with Crippen molar-refractivity contribution in [1.29, 1.82) is 0 Å². The number of piperazine rings is 1. The first-order chi connectivity index (χ1) is 17.8. The molecule has 3 aliphatic heterocycles. The Kier molecular flexibility index (Phi) is 7.14. The molecule has 0 radical (unpaired) electrons. The Morgan fingerprint density at radius 1 is 1.05 bits per heavy atom. The van der Waals surface area contributed by atoms with Crippen LogP contribution in [0.5, 0.6) is 0 Å². The summed E-state index contributed by atoms with van der Waals surface area (Å²) in [4.78, 5) is 59.5. The summed E-state index contributed by atoms with van der Waals surface area (Å²) in [5.41, 5.74) is 1.92. The third kappa shape index (κ3) is 4.92. The van der Waals surface area contributed by atoms with Crippen LogP contribution in [-0.4, -0.2) is 98.5 Å². The van der Waals surface area contributed by atoms with Crippen molar-refractivity contribution in [2.24, 2.45) is 18.9 Å². The Bertz CT molecular complexity index is 1200. The number of hydrogen-bond acceptors (Lipinski definition) is 6. The number of carbonyl (C=O) groups is 4. The molecule has 3 saturated heterocycles. The Balaban J connectivity index is 1.13. The number of rotatable bonds is 6. The molecule has 0 unspecified atom stereocenters. The number of imide groups is 1. The number of nitrogens with one attached hydrogen (secondary N) is 1. The molecule has 3 aliphatic rings. The van der Waals surface area contributed by atoms with Crippen LogP contribution in [0.1, 0.15) is 31.5 Å². The Hall–Kier alpha value is -3.47. The highest BCUT2D eigenvalue weighted by Gasteiger charge is 2.56. The molecule has 0 saturated carbocycles. The van der Waals surface area contributed by atoms with Crippen molar-refractivity contribution in [3.63, 3.8) is 0 Å². The van der Waals surface area contributed by atoms with Crippen LogP contribution >= 0.6 is 0 Å². The molecular formula is C26H34N6O5. The lowest BCUT2D eigenvalue weighted by atomic mass is 9.78. The zero-order chi connectivity index (χ0) is 26.1. The second-order valence-corrected chi connectivity index (χ2v) is 10.3. The number of β-lactam (4-membered cyclic amide) rings is 1. The van der Waals surface area contributed by atoms with Crippen LogP contribution in [0.4, 0.5) is 4.79 Å². The van der Waals surface area contributed by atoms with Gasteiger partial charge >= 0.3 is 12.0 Å². The van der Waals surface area contributed by atoms with Gasteiger partial charge in [0, 0.05) is 46.1 Å². The lowest BCUT2D eigenvalue weighted by molar-refractivity contribution is -0.167. The molecule has 2 atom stereocenters. The second-order valence-electron chi connectivity index (χ2n) is 10.3. The first kappa shape index (κ1) is 25.2. The molecule has 3 fully saturated rings. The molecule has 2 N–H and O–H groups in total. The number of fused-ring (bicyclic) bond motifs is 1. The molecule has 4 amide bonds. The summed E-state index contributed by atoms with van der Waals surface area (Å²) < 4.78 is 2.00. The highest BCUT2D eigenvalue weighted by molar-refractivity contribution is 6.07. The van der Waals surface area contributed by atoms with Crippen LogP contribution in [0.2, 0.25) is 0 Å². The number of hydrogen-bond donors (Lipinski definition) is 2. The molecule has 1 aromatic carbocycles. The van der Waals surface area contributed by atoms with E-state index >= 15 is 0 Å². The van der Waals surface area contributed by atoms with Gasteiger partial charge in [-0.05, 0) is 50.4 Å². The molecule has 0 bridgehead atoms. The number of aromatic nitrogens is 2. The van der Waals surface area contributed by atoms with Gasteiger partial charge in [-0.2, -0.15) is 0 Å². The van der Waals surface area contributed by atoms with Crippen molar-refractivity contribution in [3.05, 3.63) is 30.1 Å². The van der Waals surface area contributed by atoms with Gasteiger partial charge in [0.15, 0.2) is 6.04 Å². The van der Waals surface area contributed by atoms with Crippen molar-refractivity contribution in [1.82, 2.24) is 29.6 Å². The molecular weight excluding hydrogens is 476 g/mol. The number of nitrogens with zero attached hydrogens (tertiary/aromatic N) is 5. The number of likely N-dealkylation sites (tertiary alicyclic amines) is 1. The normalized spacial score (nSPS) is 22.8. The van der Waals surface area contributed by atoms with Gasteiger partial charge < -0.3 is 24.8 Å². The lowest BCUT2D eigenvalue weighted by Gasteiger charge is -2.47. The SMILES string of the molecule is Cn1c(CCC(=O)N2CCN(C(=O)N3C(=O)[C@H](CC4CCNCC4)[C@H]3C(=O)O)CC2)nc2ccccc21. The topological polar surface area (TPSA) is 128 Å². The fourth-order valence-corrected chi connectivity index (χ4v) is 5.85. The van der Waals surface area contributed by atoms with E-state index in [1.54, 1.807) is 4.90 Å². The summed E-state index contributed by atoms with van der Waals surface area (Å²) in [6.45, 7) is 2.98. The maximum absolute atomic E-state index is 13.1. The molecule has 0 spiro atoms. The average molecular weight is 511 g/mol. The van der Waals surface area contributed by atoms with Gasteiger partial charge in [0.25, 0.3) is 0 Å². The number of benzene rings is 1. The summed E-state index contributed by atoms with van der Waals surface area (Å²) in [7, 11) is 1.94. The van der Waals surface area contributed by atoms with E-state index in [2.05, 4.69) is 10.3 Å². The summed E-state index contributed by atoms with van der Waals surface area (Å²) >= 11 is 0. The zero-order valence-electron chi connectivity index (χ0n) is 21.1. The number of urea groups is 1. The van der Waals surface area contributed by atoms with Gasteiger partial charge in [-0.3, -0.25) is 9.59 Å². The first-order valence-corrected chi connectivity index (χ1v) is 13.1. The fourth-order valence-electron chi connectivity index (χ4n) is 5.85. The van der Waals surface area contributed by atoms with E-state index in [0.717, 1.165) is 47.7 Å². The molecule has 5 rings (SSSR count). The number of amides is 4. The minimum Gasteiger partial charge on any atom is -0.480 e. The maximum atomic E-state index is 13.1. The number of carboxylic acid groups (broad SMARTS) is 1. The van der Waals surface area contributed by atoms with Crippen LogP contribution in [0.3, 0.4) is 0 Å². The predicted molar refractivity (Wildman–Crippen MR) is 135 cm³/mol. The first-order valence-electron chi connectivity index (χ1n) is 13.1. The maximum Gasteiger partial charge on any atom is 0.327 e. The minimum absolute atomic E-state index is 0.00960. The van der Waals surface area contributed by atoms with Gasteiger partial charge in [0.1, 0.15) is 5.82 Å². The third-order valence-corrected chi connectivity index (χ3v) is 8.06. The second kappa shape index (κ2) is 10.5. The van der Waals surface area contributed by atoms with Crippen molar-refractivity contribution >= 4 is 34.8 Å². The number of carbonyl (C=O) groups excluding carboxylic acids is 3. The largest absolute Gasteiger partial charge is 0.480 e. The third-order valence-electron chi connectivity index (χ3n) is 8.06. The molecule has 2 aromatic rings. The smallest absolute Gasteiger partial charge is 0.327 e. The van der Waals surface area contributed by atoms with Crippen LogP contribution in [-0.2, 0) is 27.9 Å². The molecule has 4 heterocycles. The summed E-state index contributed by atoms with van der Waals surface area (Å²) in [6, 6.07) is 6.17. The van der Waals surface area contributed by atoms with Crippen LogP contribution < -0.4 is 5.32 Å². The van der Waals surface area contributed by atoms with Crippen molar-refractivity contribution in [2.45, 2.75) is 38.1 Å². The van der Waals surface area contributed by atoms with Crippen LogP contribution in [0, 0.1) is 11.8 Å². The van der Waals surface area contributed by atoms with Gasteiger partial charge in [-0.1, -0.05) is 12.1 Å². The number of aryl methyl sites for hydroxylation is 2. The molecule has 11 heteroatoms. The molecule has 11 nitrogen and oxygen atoms in total. The Morgan fingerprint density at radius 2 is 1.73 bits per heavy atom. The Morgan fingerprint density at radius 3 is 2.41 bits per heavy atom. The predicted octanol–water partition coefficient (Wildman–Crippen LogP) is 1.07. The summed E-state index contributed by atoms with van der Waals surface area (Å²) in [6.07, 6.45) is 3.17. The van der Waals surface area contributed by atoms with Gasteiger partial charge in [0.2, 0.25) is 11.8 Å². The van der Waals surface area contributed by atoms with Gasteiger partial charge in [-0.15, -0.1) is 0 Å². The average Bonchev–Trinajstić information content (AvgIpc) is 3.24. The van der Waals surface area contributed by atoms with Crippen molar-refractivity contribution in [2.75, 3.05) is 39.3 Å². The van der Waals surface area contributed by atoms with Crippen molar-refractivity contribution < 1.29 is 24.3 Å². The minimum atomic E-state index is -1.14. The summed E-state index contributed by atoms with van der Waals surface area (Å²) in [5.74, 6) is -1.04. The summed E-state index contributed by atoms with van der Waals surface area (Å²) in [5, 5.41) is 13.0. The number of para-hydroxylation sites is 2. The quantitative estimate of drug-likeness (QED) is 0.557. The number of piperidine rings is 1. The number of carboxylic acids is 1. The number of aliphatic carboxylic acids is 1. The number of imidazole rings is 1. The highest BCUT2D eigenvalue weighted by atomic mass is 16.4. The molecule has 37 heavy (non-hydrogen) atoms. The van der Waals surface area contributed by atoms with Gasteiger partial charge in [0.05, 0.1) is 17.0 Å². The van der Waals surface area contributed by atoms with Gasteiger partial charge in [-0.25, -0.2) is 19.5 Å². The van der Waals surface area contributed by atoms with E-state index in [1.165, 1.54) is 4.90 Å².